The van der Waals surface area contributed by atoms with E-state index in [0.29, 0.717) is 11.6 Å². The Morgan fingerprint density at radius 1 is 0.906 bits per heavy atom. The van der Waals surface area contributed by atoms with Crippen molar-refractivity contribution >= 4 is 27.7 Å². The molecule has 1 aliphatic rings. The first-order valence-corrected chi connectivity index (χ1v) is 19.4. The molecule has 2 aromatic heterocycles. The number of hydrogen-bond acceptors (Lipinski definition) is 5. The number of fused-ring (bicyclic) bond motifs is 6. The van der Waals surface area contributed by atoms with Gasteiger partial charge in [-0.25, -0.2) is 4.98 Å². The summed E-state index contributed by atoms with van der Waals surface area (Å²) in [5, 5.41) is 13.5. The number of carbonyl (C=O) groups excluding carboxylic acids is 1. The van der Waals surface area contributed by atoms with E-state index in [1.165, 1.54) is 39.3 Å². The average Bonchev–Trinajstić information content (AvgIpc) is 3.53. The minimum Gasteiger partial charge on any atom is -0.512 e. The molecule has 0 spiro atoms. The Morgan fingerprint density at radius 3 is 2.19 bits per heavy atom. The quantitative estimate of drug-likeness (QED) is 0.0859. The van der Waals surface area contributed by atoms with Crippen LogP contribution >= 0.6 is 0 Å². The standard InChI is InChI=1S/C32H31N2O.C15H28O2.Ir/c1-19(2)15-20-10-8-12-25-23(20)13-14-27-28(25)29-30(33-18-34-31(29)35-27)22-16-21-9-6-7-11-24(21)26(17-22)32(3,4)5;1-7-14(5,8-2)12(16)11-13(17)15(6,9-3)10-4;/h6-12,17-19H,13-15H2,1-5H3;11,16H,7-10H2,1-6H3;/q-1;;/b;12-11-;. The van der Waals surface area contributed by atoms with Crippen molar-refractivity contribution in [1.82, 2.24) is 9.97 Å². The van der Waals surface area contributed by atoms with Gasteiger partial charge in [0.2, 0.25) is 5.71 Å². The summed E-state index contributed by atoms with van der Waals surface area (Å²) in [6.07, 6.45) is 9.36. The second-order valence-electron chi connectivity index (χ2n) is 16.7. The molecule has 0 unspecified atom stereocenters. The molecule has 0 saturated heterocycles. The van der Waals surface area contributed by atoms with Gasteiger partial charge in [-0.15, -0.1) is 29.1 Å². The van der Waals surface area contributed by atoms with Crippen molar-refractivity contribution in [3.63, 3.8) is 0 Å². The van der Waals surface area contributed by atoms with Crippen molar-refractivity contribution < 1.29 is 34.4 Å². The zero-order valence-corrected chi connectivity index (χ0v) is 36.2. The number of aryl methyl sites for hydroxylation is 1. The van der Waals surface area contributed by atoms with Crippen LogP contribution in [-0.4, -0.2) is 20.9 Å². The van der Waals surface area contributed by atoms with Gasteiger partial charge in [0.05, 0.1) is 0 Å². The van der Waals surface area contributed by atoms with Gasteiger partial charge in [-0.05, 0) is 66.5 Å². The zero-order chi connectivity index (χ0) is 38.0. The normalized spacial score (nSPS) is 13.3. The van der Waals surface area contributed by atoms with Crippen molar-refractivity contribution in [1.29, 1.82) is 0 Å². The summed E-state index contributed by atoms with van der Waals surface area (Å²) in [5.74, 6) is 1.92. The molecule has 5 aromatic rings. The number of allylic oxidation sites excluding steroid dienone is 2. The van der Waals surface area contributed by atoms with Crippen LogP contribution in [0.3, 0.4) is 0 Å². The van der Waals surface area contributed by atoms with Crippen LogP contribution in [0.4, 0.5) is 0 Å². The first kappa shape index (κ1) is 42.1. The maximum Gasteiger partial charge on any atom is 0.222 e. The number of ketones is 1. The Hall–Kier alpha value is -3.60. The summed E-state index contributed by atoms with van der Waals surface area (Å²) >= 11 is 0. The summed E-state index contributed by atoms with van der Waals surface area (Å²) in [4.78, 5) is 21.6. The number of hydrogen-bond donors (Lipinski definition) is 1. The van der Waals surface area contributed by atoms with Crippen molar-refractivity contribution in [2.75, 3.05) is 0 Å². The van der Waals surface area contributed by atoms with Crippen molar-refractivity contribution in [2.24, 2.45) is 16.7 Å². The van der Waals surface area contributed by atoms with Crippen LogP contribution in [0.25, 0.3) is 44.3 Å². The van der Waals surface area contributed by atoms with Crippen LogP contribution in [0.2, 0.25) is 0 Å². The molecular weight excluding hydrogens is 833 g/mol. The molecule has 0 bridgehead atoms. The molecule has 53 heavy (non-hydrogen) atoms. The van der Waals surface area contributed by atoms with Crippen molar-refractivity contribution in [2.45, 2.75) is 127 Å². The third-order valence-electron chi connectivity index (χ3n) is 11.8. The fourth-order valence-electron chi connectivity index (χ4n) is 7.34. The molecule has 1 aliphatic carbocycles. The topological polar surface area (TPSA) is 76.2 Å². The summed E-state index contributed by atoms with van der Waals surface area (Å²) in [6, 6.07) is 21.2. The summed E-state index contributed by atoms with van der Waals surface area (Å²) in [6.45, 7) is 23.4. The third kappa shape index (κ3) is 8.55. The fourth-order valence-corrected chi connectivity index (χ4v) is 7.34. The molecule has 0 aliphatic heterocycles. The Kier molecular flexibility index (Phi) is 13.4. The molecule has 2 heterocycles. The fraction of sp³-hybridized carbons (Fsp3) is 0.468. The molecule has 0 fully saturated rings. The number of benzene rings is 3. The second kappa shape index (κ2) is 16.8. The van der Waals surface area contributed by atoms with Gasteiger partial charge < -0.3 is 9.52 Å². The largest absolute Gasteiger partial charge is 0.512 e. The Labute approximate surface area is 331 Å². The van der Waals surface area contributed by atoms with Gasteiger partial charge in [0.15, 0.2) is 5.78 Å². The van der Waals surface area contributed by atoms with Crippen LogP contribution in [0.5, 0.6) is 0 Å². The molecule has 6 heteroatoms. The van der Waals surface area contributed by atoms with Crippen LogP contribution in [-0.2, 0) is 49.6 Å². The van der Waals surface area contributed by atoms with Gasteiger partial charge in [-0.2, -0.15) is 0 Å². The predicted molar refractivity (Wildman–Crippen MR) is 217 cm³/mol. The second-order valence-corrected chi connectivity index (χ2v) is 16.7. The van der Waals surface area contributed by atoms with Gasteiger partial charge in [-0.1, -0.05) is 124 Å². The van der Waals surface area contributed by atoms with Crippen LogP contribution in [0.1, 0.15) is 124 Å². The van der Waals surface area contributed by atoms with Gasteiger partial charge in [0.1, 0.15) is 17.8 Å². The van der Waals surface area contributed by atoms with E-state index >= 15 is 0 Å². The summed E-state index contributed by atoms with van der Waals surface area (Å²) in [5.41, 5.74) is 8.59. The number of aliphatic hydroxyl groups is 1. The van der Waals surface area contributed by atoms with Gasteiger partial charge >= 0.3 is 0 Å². The van der Waals surface area contributed by atoms with E-state index < -0.39 is 0 Å². The summed E-state index contributed by atoms with van der Waals surface area (Å²) < 4.78 is 6.35. The SMILES string of the molecule is CC(C)Cc1cccc2c1CCc1oc3ncnc(-c4[c-]c5ccccc5c(C(C)(C)C)c4)c3c1-2.CCC(C)(CC)C(=O)/C=C(\O)C(C)(CC)CC.[Ir]. The number of aliphatic hydroxyl groups excluding tert-OH is 1. The Bertz CT molecular complexity index is 2090. The van der Waals surface area contributed by atoms with E-state index in [1.807, 2.05) is 41.5 Å². The number of aromatic nitrogens is 2. The molecule has 1 N–H and O–H groups in total. The molecule has 3 aromatic carbocycles. The molecular formula is C47H59IrN2O3-. The van der Waals surface area contributed by atoms with Crippen LogP contribution in [0.15, 0.2) is 71.1 Å². The van der Waals surface area contributed by atoms with E-state index in [0.717, 1.165) is 72.7 Å². The van der Waals surface area contributed by atoms with Crippen molar-refractivity contribution in [3.05, 3.63) is 95.2 Å². The number of furan rings is 1. The number of nitrogens with zero attached hydrogens (tertiary/aromatic N) is 2. The first-order chi connectivity index (χ1) is 24.6. The molecule has 285 valence electrons. The number of carbonyl (C=O) groups is 1. The van der Waals surface area contributed by atoms with Crippen molar-refractivity contribution in [3.8, 4) is 22.4 Å². The average molecular weight is 892 g/mol. The van der Waals surface area contributed by atoms with Crippen LogP contribution < -0.4 is 0 Å². The van der Waals surface area contributed by atoms with E-state index in [1.54, 1.807) is 6.33 Å². The molecule has 0 atom stereocenters. The monoisotopic (exact) mass is 892 g/mol. The predicted octanol–water partition coefficient (Wildman–Crippen LogP) is 12.8. The Balaban J connectivity index is 0.000000299. The van der Waals surface area contributed by atoms with E-state index in [2.05, 4.69) is 94.2 Å². The Morgan fingerprint density at radius 2 is 1.57 bits per heavy atom. The first-order valence-electron chi connectivity index (χ1n) is 19.4. The van der Waals surface area contributed by atoms with E-state index in [4.69, 9.17) is 9.40 Å². The minimum absolute atomic E-state index is 0. The third-order valence-corrected chi connectivity index (χ3v) is 11.8. The zero-order valence-electron chi connectivity index (χ0n) is 33.8. The van der Waals surface area contributed by atoms with Gasteiger partial charge in [0.25, 0.3) is 0 Å². The molecule has 0 saturated carbocycles. The molecule has 6 rings (SSSR count). The molecule has 1 radical (unpaired) electrons. The molecule has 5 nitrogen and oxygen atoms in total. The minimum atomic E-state index is -0.337. The van der Waals surface area contributed by atoms with E-state index in [9.17, 15) is 9.90 Å². The van der Waals surface area contributed by atoms with E-state index in [-0.39, 0.29) is 47.9 Å². The van der Waals surface area contributed by atoms with Gasteiger partial charge in [0, 0.05) is 60.1 Å². The molecule has 0 amide bonds. The van der Waals surface area contributed by atoms with Crippen LogP contribution in [0, 0.1) is 22.8 Å². The maximum absolute atomic E-state index is 12.2. The van der Waals surface area contributed by atoms with Gasteiger partial charge in [-0.3, -0.25) is 9.78 Å². The number of rotatable bonds is 10. The maximum atomic E-state index is 12.2. The summed E-state index contributed by atoms with van der Waals surface area (Å²) in [7, 11) is 0. The smallest absolute Gasteiger partial charge is 0.222 e.